The van der Waals surface area contributed by atoms with Crippen LogP contribution >= 0.6 is 0 Å². The Bertz CT molecular complexity index is 450. The largest absolute Gasteiger partial charge is 0.369 e. The highest BCUT2D eigenvalue weighted by Crippen LogP contribution is 2.30. The number of hydrogen-bond donors (Lipinski definition) is 1. The minimum absolute atomic E-state index is 0.352. The van der Waals surface area contributed by atoms with E-state index in [9.17, 15) is 0 Å². The molecule has 1 atom stereocenters. The number of piperazine rings is 1. The highest BCUT2D eigenvalue weighted by atomic mass is 15.3. The van der Waals surface area contributed by atoms with Gasteiger partial charge in [-0.1, -0.05) is 19.1 Å². The fourth-order valence-electron chi connectivity index (χ4n) is 3.62. The summed E-state index contributed by atoms with van der Waals surface area (Å²) in [5.74, 6) is 0. The molecule has 3 heteroatoms. The molecule has 3 rings (SSSR count). The molecule has 0 bridgehead atoms. The lowest BCUT2D eigenvalue weighted by molar-refractivity contribution is 0.258. The van der Waals surface area contributed by atoms with Gasteiger partial charge in [-0.05, 0) is 49.4 Å². The van der Waals surface area contributed by atoms with Crippen LogP contribution in [0.15, 0.2) is 18.2 Å². The first-order valence-electron chi connectivity index (χ1n) is 8.11. The first-order valence-corrected chi connectivity index (χ1v) is 8.11. The van der Waals surface area contributed by atoms with Crippen LogP contribution in [0, 0.1) is 0 Å². The van der Waals surface area contributed by atoms with E-state index in [4.69, 9.17) is 5.73 Å². The van der Waals surface area contributed by atoms with Crippen LogP contribution in [0.1, 0.15) is 30.9 Å². The predicted molar refractivity (Wildman–Crippen MR) is 85.4 cm³/mol. The van der Waals surface area contributed by atoms with E-state index in [0.717, 1.165) is 32.4 Å². The maximum atomic E-state index is 6.18. The minimum Gasteiger partial charge on any atom is -0.369 e. The summed E-state index contributed by atoms with van der Waals surface area (Å²) in [5.41, 5.74) is 10.7. The van der Waals surface area contributed by atoms with Crippen molar-refractivity contribution in [2.75, 3.05) is 37.6 Å². The van der Waals surface area contributed by atoms with Gasteiger partial charge in [0.15, 0.2) is 0 Å². The van der Waals surface area contributed by atoms with Gasteiger partial charge in [0.25, 0.3) is 0 Å². The summed E-state index contributed by atoms with van der Waals surface area (Å²) >= 11 is 0. The monoisotopic (exact) mass is 273 g/mol. The number of nitrogens with zero attached hydrogens (tertiary/aromatic N) is 2. The average molecular weight is 273 g/mol. The smallest absolute Gasteiger partial charge is 0.0403 e. The van der Waals surface area contributed by atoms with Gasteiger partial charge in [-0.15, -0.1) is 0 Å². The molecule has 1 saturated heterocycles. The van der Waals surface area contributed by atoms with Gasteiger partial charge in [-0.3, -0.25) is 4.90 Å². The lowest BCUT2D eigenvalue weighted by Gasteiger charge is -2.38. The summed E-state index contributed by atoms with van der Waals surface area (Å²) in [7, 11) is 0. The van der Waals surface area contributed by atoms with Crippen molar-refractivity contribution in [1.29, 1.82) is 0 Å². The fourth-order valence-corrected chi connectivity index (χ4v) is 3.62. The molecule has 1 unspecified atom stereocenters. The molecule has 1 aromatic rings. The third-order valence-electron chi connectivity index (χ3n) is 4.75. The van der Waals surface area contributed by atoms with Gasteiger partial charge in [0.1, 0.15) is 0 Å². The molecule has 110 valence electrons. The highest BCUT2D eigenvalue weighted by Gasteiger charge is 2.23. The van der Waals surface area contributed by atoms with E-state index in [2.05, 4.69) is 34.9 Å². The molecule has 3 nitrogen and oxygen atoms in total. The SMILES string of the molecule is CCCN1CCN(c2cccc3c2CC(N)CC3)CC1. The van der Waals surface area contributed by atoms with Crippen molar-refractivity contribution in [3.8, 4) is 0 Å². The lowest BCUT2D eigenvalue weighted by atomic mass is 9.87. The molecule has 0 radical (unpaired) electrons. The topological polar surface area (TPSA) is 32.5 Å². The van der Waals surface area contributed by atoms with E-state index in [1.807, 2.05) is 0 Å². The first kappa shape index (κ1) is 13.9. The Labute approximate surface area is 122 Å². The zero-order valence-electron chi connectivity index (χ0n) is 12.6. The van der Waals surface area contributed by atoms with E-state index >= 15 is 0 Å². The molecule has 0 amide bonds. The third-order valence-corrected chi connectivity index (χ3v) is 4.75. The van der Waals surface area contributed by atoms with Gasteiger partial charge in [0.2, 0.25) is 0 Å². The summed E-state index contributed by atoms with van der Waals surface area (Å²) in [6.45, 7) is 8.22. The summed E-state index contributed by atoms with van der Waals surface area (Å²) in [6, 6.07) is 7.17. The second-order valence-corrected chi connectivity index (χ2v) is 6.25. The molecular formula is C17H27N3. The number of anilines is 1. The van der Waals surface area contributed by atoms with Crippen LogP contribution in [0.2, 0.25) is 0 Å². The maximum absolute atomic E-state index is 6.18. The standard InChI is InChI=1S/C17H27N3/c1-2-8-19-9-11-20(12-10-19)17-5-3-4-14-6-7-15(18)13-16(14)17/h3-5,15H,2,6-13,18H2,1H3. The number of aryl methyl sites for hydroxylation is 1. The molecule has 1 aliphatic heterocycles. The van der Waals surface area contributed by atoms with Crippen LogP contribution in [0.25, 0.3) is 0 Å². The van der Waals surface area contributed by atoms with Crippen molar-refractivity contribution >= 4 is 5.69 Å². The summed E-state index contributed by atoms with van der Waals surface area (Å²) in [6.07, 6.45) is 4.61. The molecule has 1 aromatic carbocycles. The predicted octanol–water partition coefficient (Wildman–Crippen LogP) is 2.03. The Morgan fingerprint density at radius 1 is 1.20 bits per heavy atom. The zero-order valence-corrected chi connectivity index (χ0v) is 12.6. The van der Waals surface area contributed by atoms with Gasteiger partial charge in [-0.25, -0.2) is 0 Å². The Kier molecular flexibility index (Phi) is 4.27. The summed E-state index contributed by atoms with van der Waals surface area (Å²) < 4.78 is 0. The molecule has 0 spiro atoms. The molecule has 0 aromatic heterocycles. The number of fused-ring (bicyclic) bond motifs is 1. The minimum atomic E-state index is 0.352. The van der Waals surface area contributed by atoms with Crippen molar-refractivity contribution in [3.05, 3.63) is 29.3 Å². The number of rotatable bonds is 3. The number of hydrogen-bond acceptors (Lipinski definition) is 3. The normalized spacial score (nSPS) is 23.7. The second kappa shape index (κ2) is 6.15. The molecule has 2 N–H and O–H groups in total. The second-order valence-electron chi connectivity index (χ2n) is 6.25. The van der Waals surface area contributed by atoms with Crippen molar-refractivity contribution in [2.45, 2.75) is 38.6 Å². The Morgan fingerprint density at radius 2 is 2.00 bits per heavy atom. The van der Waals surface area contributed by atoms with Crippen LogP contribution in [-0.4, -0.2) is 43.7 Å². The molecule has 1 aliphatic carbocycles. The van der Waals surface area contributed by atoms with Gasteiger partial charge in [0, 0.05) is 37.9 Å². The van der Waals surface area contributed by atoms with Crippen LogP contribution in [0.3, 0.4) is 0 Å². The highest BCUT2D eigenvalue weighted by molar-refractivity contribution is 5.58. The Morgan fingerprint density at radius 3 is 2.75 bits per heavy atom. The van der Waals surface area contributed by atoms with E-state index in [1.165, 1.54) is 42.9 Å². The molecular weight excluding hydrogens is 246 g/mol. The van der Waals surface area contributed by atoms with Gasteiger partial charge in [-0.2, -0.15) is 0 Å². The number of nitrogens with two attached hydrogens (primary N) is 1. The van der Waals surface area contributed by atoms with Crippen LogP contribution in [0.4, 0.5) is 5.69 Å². The Hall–Kier alpha value is -1.06. The summed E-state index contributed by atoms with van der Waals surface area (Å²) in [4.78, 5) is 5.15. The average Bonchev–Trinajstić information content (AvgIpc) is 2.48. The van der Waals surface area contributed by atoms with Crippen molar-refractivity contribution in [1.82, 2.24) is 4.90 Å². The van der Waals surface area contributed by atoms with E-state index < -0.39 is 0 Å². The van der Waals surface area contributed by atoms with Crippen LogP contribution in [-0.2, 0) is 12.8 Å². The Balaban J connectivity index is 1.75. The zero-order chi connectivity index (χ0) is 13.9. The molecule has 2 aliphatic rings. The first-order chi connectivity index (χ1) is 9.78. The summed E-state index contributed by atoms with van der Waals surface area (Å²) in [5, 5.41) is 0. The molecule has 1 heterocycles. The molecule has 20 heavy (non-hydrogen) atoms. The third kappa shape index (κ3) is 2.84. The maximum Gasteiger partial charge on any atom is 0.0403 e. The van der Waals surface area contributed by atoms with Crippen molar-refractivity contribution < 1.29 is 0 Å². The van der Waals surface area contributed by atoms with E-state index in [0.29, 0.717) is 6.04 Å². The molecule has 1 fully saturated rings. The van der Waals surface area contributed by atoms with Gasteiger partial charge < -0.3 is 10.6 Å². The van der Waals surface area contributed by atoms with Crippen LogP contribution < -0.4 is 10.6 Å². The van der Waals surface area contributed by atoms with Crippen LogP contribution in [0.5, 0.6) is 0 Å². The lowest BCUT2D eigenvalue weighted by Crippen LogP contribution is -2.47. The van der Waals surface area contributed by atoms with Crippen molar-refractivity contribution in [3.63, 3.8) is 0 Å². The number of benzene rings is 1. The fraction of sp³-hybridized carbons (Fsp3) is 0.647. The molecule has 0 saturated carbocycles. The quantitative estimate of drug-likeness (QED) is 0.914. The van der Waals surface area contributed by atoms with Gasteiger partial charge >= 0.3 is 0 Å². The van der Waals surface area contributed by atoms with Gasteiger partial charge in [0.05, 0.1) is 0 Å². The van der Waals surface area contributed by atoms with Crippen molar-refractivity contribution in [2.24, 2.45) is 5.73 Å². The van der Waals surface area contributed by atoms with E-state index in [-0.39, 0.29) is 0 Å². The van der Waals surface area contributed by atoms with E-state index in [1.54, 1.807) is 0 Å².